The Balaban J connectivity index is 1.21. The normalized spacial score (nSPS) is 18.3. The van der Waals surface area contributed by atoms with Crippen molar-refractivity contribution in [3.63, 3.8) is 0 Å². The lowest BCUT2D eigenvalue weighted by molar-refractivity contribution is -0.211. The van der Waals surface area contributed by atoms with Crippen LogP contribution in [0.2, 0.25) is 5.02 Å². The highest BCUT2D eigenvalue weighted by Gasteiger charge is 2.45. The molecule has 1 aliphatic heterocycles. The molecule has 1 amide bonds. The lowest BCUT2D eigenvalue weighted by Crippen LogP contribution is -2.53. The van der Waals surface area contributed by atoms with Crippen LogP contribution in [-0.4, -0.2) is 74.3 Å². The van der Waals surface area contributed by atoms with Gasteiger partial charge < -0.3 is 10.0 Å². The summed E-state index contributed by atoms with van der Waals surface area (Å²) in [5.74, 6) is -0.608. The summed E-state index contributed by atoms with van der Waals surface area (Å²) in [4.78, 5) is 15.0. The van der Waals surface area contributed by atoms with Gasteiger partial charge in [-0.1, -0.05) is 47.1 Å². The molecule has 186 valence electrons. The first-order chi connectivity index (χ1) is 16.7. The molecule has 3 aromatic rings. The summed E-state index contributed by atoms with van der Waals surface area (Å²) in [6.07, 6.45) is -5.45. The third kappa shape index (κ3) is 5.14. The summed E-state index contributed by atoms with van der Waals surface area (Å²) in [6.45, 7) is 2.61. The fraction of sp³-hybridized carbons (Fsp3) is 0.458. The Morgan fingerprint density at radius 1 is 1.09 bits per heavy atom. The molecule has 0 bridgehead atoms. The minimum absolute atomic E-state index is 0.140. The van der Waals surface area contributed by atoms with Crippen LogP contribution in [0.15, 0.2) is 36.4 Å². The maximum Gasteiger partial charge on any atom is 0.423 e. The second kappa shape index (κ2) is 9.40. The maximum atomic E-state index is 12.6. The summed E-state index contributed by atoms with van der Waals surface area (Å²) in [5, 5.41) is 18.3. The first-order valence-corrected chi connectivity index (χ1v) is 12.0. The fourth-order valence-electron chi connectivity index (χ4n) is 4.39. The Kier molecular flexibility index (Phi) is 6.45. The number of benzene rings is 2. The summed E-state index contributed by atoms with van der Waals surface area (Å²) >= 11 is 6.68. The molecular formula is C24H25ClF3N5O2. The first-order valence-electron chi connectivity index (χ1n) is 11.6. The number of rotatable bonds is 6. The van der Waals surface area contributed by atoms with Crippen molar-refractivity contribution >= 4 is 28.5 Å². The number of aliphatic hydroxyl groups is 1. The quantitative estimate of drug-likeness (QED) is 0.550. The largest absolute Gasteiger partial charge is 0.423 e. The Morgan fingerprint density at radius 3 is 2.40 bits per heavy atom. The van der Waals surface area contributed by atoms with E-state index in [1.165, 1.54) is 12.8 Å². The van der Waals surface area contributed by atoms with E-state index in [0.717, 1.165) is 33.7 Å². The minimum atomic E-state index is -4.95. The van der Waals surface area contributed by atoms with Crippen LogP contribution in [0.5, 0.6) is 0 Å². The second-order valence-electron chi connectivity index (χ2n) is 9.25. The summed E-state index contributed by atoms with van der Waals surface area (Å²) in [5.41, 5.74) is 4.49. The number of nitrogens with zero attached hydrogens (tertiary/aromatic N) is 5. The fourth-order valence-corrected chi connectivity index (χ4v) is 4.70. The van der Waals surface area contributed by atoms with Crippen LogP contribution in [0.1, 0.15) is 18.4 Å². The molecule has 1 aliphatic carbocycles. The van der Waals surface area contributed by atoms with Crippen molar-refractivity contribution in [3.8, 4) is 11.1 Å². The van der Waals surface area contributed by atoms with Gasteiger partial charge in [0.1, 0.15) is 5.52 Å². The number of carbonyl (C=O) groups excluding carboxylic acids is 1. The summed E-state index contributed by atoms with van der Waals surface area (Å²) in [7, 11) is 0. The Hall–Kier alpha value is -2.69. The number of halogens is 4. The van der Waals surface area contributed by atoms with E-state index in [9.17, 15) is 23.1 Å². The van der Waals surface area contributed by atoms with Crippen molar-refractivity contribution in [1.29, 1.82) is 0 Å². The van der Waals surface area contributed by atoms with Crippen LogP contribution in [0.4, 0.5) is 13.2 Å². The zero-order valence-electron chi connectivity index (χ0n) is 18.9. The predicted molar refractivity (Wildman–Crippen MR) is 125 cm³/mol. The molecule has 1 saturated heterocycles. The minimum Gasteiger partial charge on any atom is -0.376 e. The smallest absolute Gasteiger partial charge is 0.376 e. The molecular weight excluding hydrogens is 483 g/mol. The van der Waals surface area contributed by atoms with E-state index in [4.69, 9.17) is 11.6 Å². The molecule has 1 N–H and O–H groups in total. The molecule has 0 radical (unpaired) electrons. The number of hydrogen-bond donors (Lipinski definition) is 1. The van der Waals surface area contributed by atoms with E-state index in [1.807, 2.05) is 41.1 Å². The molecule has 2 aliphatic rings. The topological polar surface area (TPSA) is 74.5 Å². The molecule has 1 saturated carbocycles. The van der Waals surface area contributed by atoms with Crippen molar-refractivity contribution in [2.75, 3.05) is 26.2 Å². The number of amides is 1. The van der Waals surface area contributed by atoms with Crippen molar-refractivity contribution in [2.24, 2.45) is 5.92 Å². The van der Waals surface area contributed by atoms with Gasteiger partial charge in [0.2, 0.25) is 6.10 Å². The number of carbonyl (C=O) groups is 1. The van der Waals surface area contributed by atoms with Gasteiger partial charge in [-0.05, 0) is 36.0 Å². The third-order valence-electron chi connectivity index (χ3n) is 6.65. The highest BCUT2D eigenvalue weighted by Crippen LogP contribution is 2.35. The number of aliphatic hydroxyl groups excluding tert-OH is 1. The average Bonchev–Trinajstić information content (AvgIpc) is 3.57. The predicted octanol–water partition coefficient (Wildman–Crippen LogP) is 3.73. The summed E-state index contributed by atoms with van der Waals surface area (Å²) in [6, 6.07) is 11.9. The van der Waals surface area contributed by atoms with Crippen molar-refractivity contribution < 1.29 is 23.1 Å². The SMILES string of the molecule is O=C(C(O)C(F)(F)F)N1CCN(Cc2ccc(-c3ccc4c(nnn4CC4CC4)c3Cl)cc2)CC1. The molecule has 5 rings (SSSR count). The zero-order valence-corrected chi connectivity index (χ0v) is 19.6. The van der Waals surface area contributed by atoms with Gasteiger partial charge in [-0.2, -0.15) is 13.2 Å². The first kappa shape index (κ1) is 24.0. The Labute approximate surface area is 205 Å². The third-order valence-corrected chi connectivity index (χ3v) is 7.04. The van der Waals surface area contributed by atoms with Crippen LogP contribution in [0.3, 0.4) is 0 Å². The molecule has 7 nitrogen and oxygen atoms in total. The van der Waals surface area contributed by atoms with Gasteiger partial charge in [0.15, 0.2) is 0 Å². The summed E-state index contributed by atoms with van der Waals surface area (Å²) < 4.78 is 39.7. The molecule has 35 heavy (non-hydrogen) atoms. The van der Waals surface area contributed by atoms with Gasteiger partial charge in [0.25, 0.3) is 5.91 Å². The lowest BCUT2D eigenvalue weighted by atomic mass is 10.0. The van der Waals surface area contributed by atoms with Gasteiger partial charge in [-0.25, -0.2) is 4.68 Å². The van der Waals surface area contributed by atoms with Crippen LogP contribution in [0.25, 0.3) is 22.2 Å². The molecule has 0 spiro atoms. The second-order valence-corrected chi connectivity index (χ2v) is 9.63. The van der Waals surface area contributed by atoms with Gasteiger partial charge in [0, 0.05) is 44.8 Å². The molecule has 2 aromatic carbocycles. The molecule has 1 atom stereocenters. The number of aromatic nitrogens is 3. The maximum absolute atomic E-state index is 12.6. The van der Waals surface area contributed by atoms with Crippen LogP contribution >= 0.6 is 11.6 Å². The van der Waals surface area contributed by atoms with Crippen LogP contribution < -0.4 is 0 Å². The standard InChI is InChI=1S/C24H25ClF3N5O2/c25-20-18(7-8-19-21(20)29-30-33(19)14-16-1-2-16)17-5-3-15(4-6-17)13-31-9-11-32(12-10-31)23(35)22(34)24(26,27)28/h3-8,16,22,34H,1-2,9-14H2. The highest BCUT2D eigenvalue weighted by molar-refractivity contribution is 6.37. The van der Waals surface area contributed by atoms with E-state index in [0.29, 0.717) is 36.1 Å². The van der Waals surface area contributed by atoms with Gasteiger partial charge in [-0.3, -0.25) is 9.69 Å². The van der Waals surface area contributed by atoms with Crippen LogP contribution in [0, 0.1) is 5.92 Å². The molecule has 2 heterocycles. The number of hydrogen-bond acceptors (Lipinski definition) is 5. The van der Waals surface area contributed by atoms with Gasteiger partial charge in [0.05, 0.1) is 10.5 Å². The highest BCUT2D eigenvalue weighted by atomic mass is 35.5. The zero-order chi connectivity index (χ0) is 24.7. The number of fused-ring (bicyclic) bond motifs is 1. The van der Waals surface area contributed by atoms with Crippen molar-refractivity contribution in [1.82, 2.24) is 24.8 Å². The lowest BCUT2D eigenvalue weighted by Gasteiger charge is -2.35. The molecule has 11 heteroatoms. The Bertz CT molecular complexity index is 1220. The van der Waals surface area contributed by atoms with E-state index in [1.54, 1.807) is 0 Å². The van der Waals surface area contributed by atoms with Crippen molar-refractivity contribution in [3.05, 3.63) is 47.0 Å². The number of piperazine rings is 1. The molecule has 1 aromatic heterocycles. The van der Waals surface area contributed by atoms with E-state index >= 15 is 0 Å². The van der Waals surface area contributed by atoms with Gasteiger partial charge in [-0.15, -0.1) is 5.10 Å². The number of alkyl halides is 3. The molecule has 1 unspecified atom stereocenters. The average molecular weight is 508 g/mol. The monoisotopic (exact) mass is 507 g/mol. The molecule has 2 fully saturated rings. The van der Waals surface area contributed by atoms with E-state index < -0.39 is 18.2 Å². The van der Waals surface area contributed by atoms with Crippen molar-refractivity contribution in [2.45, 2.75) is 38.2 Å². The van der Waals surface area contributed by atoms with Gasteiger partial charge >= 0.3 is 6.18 Å². The van der Waals surface area contributed by atoms with E-state index in [2.05, 4.69) is 15.2 Å². The Morgan fingerprint density at radius 2 is 1.77 bits per heavy atom. The van der Waals surface area contributed by atoms with Crippen LogP contribution in [-0.2, 0) is 17.9 Å². The van der Waals surface area contributed by atoms with E-state index in [-0.39, 0.29) is 13.1 Å².